The normalized spacial score (nSPS) is 12.1. The molecule has 0 saturated carbocycles. The second-order valence-electron chi connectivity index (χ2n) is 1.99. The lowest BCUT2D eigenvalue weighted by Gasteiger charge is -2.02. The molecule has 0 aromatic carbocycles. The average molecular weight is 168 g/mol. The molecule has 1 unspecified atom stereocenters. The number of hydrogen-bond acceptors (Lipinski definition) is 3. The van der Waals surface area contributed by atoms with Crippen LogP contribution in [0.3, 0.4) is 0 Å². The molecule has 0 fully saturated rings. The van der Waals surface area contributed by atoms with Crippen LogP contribution >= 0.6 is 11.6 Å². The zero-order valence-corrected chi connectivity index (χ0v) is 6.42. The van der Waals surface area contributed by atoms with Crippen LogP contribution in [0.25, 0.3) is 0 Å². The maximum Gasteiger partial charge on any atom is 0.134 e. The van der Waals surface area contributed by atoms with Gasteiger partial charge in [0.25, 0.3) is 0 Å². The van der Waals surface area contributed by atoms with Gasteiger partial charge >= 0.3 is 0 Å². The van der Waals surface area contributed by atoms with E-state index in [1.807, 2.05) is 6.07 Å². The van der Waals surface area contributed by atoms with Crippen LogP contribution in [0.5, 0.6) is 0 Å². The van der Waals surface area contributed by atoms with Gasteiger partial charge in [0, 0.05) is 11.8 Å². The van der Waals surface area contributed by atoms with Gasteiger partial charge in [0.1, 0.15) is 11.2 Å². The number of hydrogen-bond donors (Lipinski definition) is 1. The summed E-state index contributed by atoms with van der Waals surface area (Å²) in [7, 11) is 0. The first-order chi connectivity index (χ1) is 5.25. The molecule has 1 heterocycles. The molecule has 1 atom stereocenters. The SMILES string of the molecule is N#CC(N)c1cccnc1Cl. The Morgan fingerprint density at radius 1 is 1.73 bits per heavy atom. The second kappa shape index (κ2) is 3.33. The summed E-state index contributed by atoms with van der Waals surface area (Å²) in [6.45, 7) is 0. The van der Waals surface area contributed by atoms with E-state index in [1.165, 1.54) is 0 Å². The lowest BCUT2D eigenvalue weighted by molar-refractivity contribution is 0.916. The van der Waals surface area contributed by atoms with E-state index < -0.39 is 6.04 Å². The predicted octanol–water partition coefficient (Wildman–Crippen LogP) is 1.26. The minimum Gasteiger partial charge on any atom is -0.312 e. The third-order valence-electron chi connectivity index (χ3n) is 1.26. The van der Waals surface area contributed by atoms with Gasteiger partial charge in [0.15, 0.2) is 0 Å². The van der Waals surface area contributed by atoms with Crippen LogP contribution in [0, 0.1) is 11.3 Å². The maximum absolute atomic E-state index is 8.45. The molecule has 0 radical (unpaired) electrons. The fourth-order valence-corrected chi connectivity index (χ4v) is 0.937. The van der Waals surface area contributed by atoms with Crippen LogP contribution in [-0.2, 0) is 0 Å². The van der Waals surface area contributed by atoms with Crippen molar-refractivity contribution in [2.75, 3.05) is 0 Å². The molecule has 0 aliphatic heterocycles. The molecule has 2 N–H and O–H groups in total. The molecule has 11 heavy (non-hydrogen) atoms. The molecule has 1 rings (SSSR count). The monoisotopic (exact) mass is 167 g/mol. The van der Waals surface area contributed by atoms with Gasteiger partial charge in [0.2, 0.25) is 0 Å². The van der Waals surface area contributed by atoms with Gasteiger partial charge in [0.05, 0.1) is 6.07 Å². The summed E-state index contributed by atoms with van der Waals surface area (Å²) in [6, 6.07) is 4.57. The standard InChI is InChI=1S/C7H6ClN3/c8-7-5(6(10)4-9)2-1-3-11-7/h1-3,6H,10H2. The number of nitrogens with zero attached hydrogens (tertiary/aromatic N) is 2. The number of pyridine rings is 1. The van der Waals surface area contributed by atoms with Crippen LogP contribution in [0.2, 0.25) is 5.15 Å². The number of nitrogens with two attached hydrogens (primary N) is 1. The molecule has 0 spiro atoms. The molecule has 0 aliphatic rings. The Hall–Kier alpha value is -1.11. The highest BCUT2D eigenvalue weighted by Gasteiger charge is 2.07. The molecular formula is C7H6ClN3. The van der Waals surface area contributed by atoms with E-state index in [9.17, 15) is 0 Å². The highest BCUT2D eigenvalue weighted by molar-refractivity contribution is 6.30. The van der Waals surface area contributed by atoms with E-state index in [0.717, 1.165) is 0 Å². The zero-order chi connectivity index (χ0) is 8.27. The van der Waals surface area contributed by atoms with Crippen LogP contribution in [0.4, 0.5) is 0 Å². The van der Waals surface area contributed by atoms with E-state index in [0.29, 0.717) is 10.7 Å². The van der Waals surface area contributed by atoms with Crippen molar-refractivity contribution in [3.05, 3.63) is 29.0 Å². The Kier molecular flexibility index (Phi) is 2.42. The maximum atomic E-state index is 8.45. The lowest BCUT2D eigenvalue weighted by atomic mass is 10.1. The first-order valence-electron chi connectivity index (χ1n) is 3.01. The van der Waals surface area contributed by atoms with Crippen molar-refractivity contribution in [2.45, 2.75) is 6.04 Å². The Balaban J connectivity index is 3.05. The zero-order valence-electron chi connectivity index (χ0n) is 5.66. The molecule has 56 valence electrons. The van der Waals surface area contributed by atoms with E-state index in [4.69, 9.17) is 22.6 Å². The molecule has 0 bridgehead atoms. The van der Waals surface area contributed by atoms with Crippen LogP contribution in [0.15, 0.2) is 18.3 Å². The average Bonchev–Trinajstić information content (AvgIpc) is 2.04. The quantitative estimate of drug-likeness (QED) is 0.641. The number of nitriles is 1. The van der Waals surface area contributed by atoms with Gasteiger partial charge in [-0.3, -0.25) is 0 Å². The van der Waals surface area contributed by atoms with Crippen molar-refractivity contribution in [1.29, 1.82) is 5.26 Å². The smallest absolute Gasteiger partial charge is 0.134 e. The molecule has 1 aromatic heterocycles. The molecule has 0 saturated heterocycles. The summed E-state index contributed by atoms with van der Waals surface area (Å²) < 4.78 is 0. The third kappa shape index (κ3) is 1.67. The molecule has 1 aromatic rings. The van der Waals surface area contributed by atoms with Crippen molar-refractivity contribution in [2.24, 2.45) is 5.73 Å². The fraction of sp³-hybridized carbons (Fsp3) is 0.143. The third-order valence-corrected chi connectivity index (χ3v) is 1.58. The lowest BCUT2D eigenvalue weighted by Crippen LogP contribution is -2.08. The minimum atomic E-state index is -0.684. The molecule has 3 nitrogen and oxygen atoms in total. The fourth-order valence-electron chi connectivity index (χ4n) is 0.700. The van der Waals surface area contributed by atoms with E-state index in [-0.39, 0.29) is 0 Å². The van der Waals surface area contributed by atoms with Gasteiger partial charge in [-0.1, -0.05) is 17.7 Å². The summed E-state index contributed by atoms with van der Waals surface area (Å²) in [5.74, 6) is 0. The summed E-state index contributed by atoms with van der Waals surface area (Å²) in [4.78, 5) is 3.78. The molecular weight excluding hydrogens is 162 g/mol. The van der Waals surface area contributed by atoms with Gasteiger partial charge in [-0.25, -0.2) is 4.98 Å². The number of aromatic nitrogens is 1. The Labute approximate surface area is 69.4 Å². The van der Waals surface area contributed by atoms with E-state index in [1.54, 1.807) is 18.3 Å². The highest BCUT2D eigenvalue weighted by Crippen LogP contribution is 2.17. The van der Waals surface area contributed by atoms with Crippen molar-refractivity contribution in [3.8, 4) is 6.07 Å². The van der Waals surface area contributed by atoms with E-state index >= 15 is 0 Å². The van der Waals surface area contributed by atoms with E-state index in [2.05, 4.69) is 4.98 Å². The Morgan fingerprint density at radius 2 is 2.45 bits per heavy atom. The van der Waals surface area contributed by atoms with Gasteiger partial charge in [-0.15, -0.1) is 0 Å². The van der Waals surface area contributed by atoms with Crippen LogP contribution in [-0.4, -0.2) is 4.98 Å². The summed E-state index contributed by atoms with van der Waals surface area (Å²) in [6.07, 6.45) is 1.55. The van der Waals surface area contributed by atoms with Gasteiger partial charge < -0.3 is 5.73 Å². The summed E-state index contributed by atoms with van der Waals surface area (Å²) >= 11 is 5.66. The van der Waals surface area contributed by atoms with Crippen molar-refractivity contribution < 1.29 is 0 Å². The Morgan fingerprint density at radius 3 is 3.00 bits per heavy atom. The van der Waals surface area contributed by atoms with Gasteiger partial charge in [-0.05, 0) is 6.07 Å². The highest BCUT2D eigenvalue weighted by atomic mass is 35.5. The molecule has 0 amide bonds. The first-order valence-corrected chi connectivity index (χ1v) is 3.39. The largest absolute Gasteiger partial charge is 0.312 e. The van der Waals surface area contributed by atoms with Crippen molar-refractivity contribution in [1.82, 2.24) is 4.98 Å². The van der Waals surface area contributed by atoms with Crippen LogP contribution < -0.4 is 5.73 Å². The first kappa shape index (κ1) is 7.99. The summed E-state index contributed by atoms with van der Waals surface area (Å²) in [5.41, 5.74) is 5.98. The molecule has 4 heteroatoms. The van der Waals surface area contributed by atoms with Crippen LogP contribution in [0.1, 0.15) is 11.6 Å². The topological polar surface area (TPSA) is 62.7 Å². The summed E-state index contributed by atoms with van der Waals surface area (Å²) in [5, 5.41) is 8.74. The van der Waals surface area contributed by atoms with Crippen molar-refractivity contribution in [3.63, 3.8) is 0 Å². The predicted molar refractivity (Wildman–Crippen MR) is 41.8 cm³/mol. The second-order valence-corrected chi connectivity index (χ2v) is 2.35. The number of halogens is 1. The Bertz CT molecular complexity index is 292. The van der Waals surface area contributed by atoms with Crippen molar-refractivity contribution >= 4 is 11.6 Å². The minimum absolute atomic E-state index is 0.293. The molecule has 0 aliphatic carbocycles. The van der Waals surface area contributed by atoms with Gasteiger partial charge in [-0.2, -0.15) is 5.26 Å². The number of rotatable bonds is 1.